The third-order valence-electron chi connectivity index (χ3n) is 2.54. The second-order valence-corrected chi connectivity index (χ2v) is 4.77. The van der Waals surface area contributed by atoms with Crippen molar-refractivity contribution in [2.75, 3.05) is 0 Å². The SMILES string of the molecule is CC(C)(C(=O)O)C(=O)NCc1ccc(F)c(Cl)c1. The van der Waals surface area contributed by atoms with E-state index < -0.39 is 23.1 Å². The highest BCUT2D eigenvalue weighted by Crippen LogP contribution is 2.18. The lowest BCUT2D eigenvalue weighted by atomic mass is 9.92. The Morgan fingerprint density at radius 3 is 2.56 bits per heavy atom. The number of nitrogens with one attached hydrogen (secondary N) is 1. The summed E-state index contributed by atoms with van der Waals surface area (Å²) in [7, 11) is 0. The summed E-state index contributed by atoms with van der Waals surface area (Å²) in [5.74, 6) is -2.37. The Morgan fingerprint density at radius 1 is 1.44 bits per heavy atom. The fraction of sp³-hybridized carbons (Fsp3) is 0.333. The Balaban J connectivity index is 2.68. The number of hydrogen-bond donors (Lipinski definition) is 2. The maximum atomic E-state index is 12.9. The van der Waals surface area contributed by atoms with Gasteiger partial charge in [-0.3, -0.25) is 9.59 Å². The first-order valence-corrected chi connectivity index (χ1v) is 5.58. The number of aliphatic carboxylic acids is 1. The molecule has 2 N–H and O–H groups in total. The number of rotatable bonds is 4. The first-order valence-electron chi connectivity index (χ1n) is 5.20. The second-order valence-electron chi connectivity index (χ2n) is 4.36. The van der Waals surface area contributed by atoms with Crippen LogP contribution in [-0.2, 0) is 16.1 Å². The zero-order chi connectivity index (χ0) is 13.9. The summed E-state index contributed by atoms with van der Waals surface area (Å²) in [6, 6.07) is 4.03. The smallest absolute Gasteiger partial charge is 0.318 e. The maximum Gasteiger partial charge on any atom is 0.318 e. The van der Waals surface area contributed by atoms with Crippen LogP contribution in [-0.4, -0.2) is 17.0 Å². The van der Waals surface area contributed by atoms with Crippen LogP contribution in [0.1, 0.15) is 19.4 Å². The summed E-state index contributed by atoms with van der Waals surface area (Å²) in [5, 5.41) is 11.3. The van der Waals surface area contributed by atoms with E-state index in [1.807, 2.05) is 0 Å². The monoisotopic (exact) mass is 273 g/mol. The van der Waals surface area contributed by atoms with Gasteiger partial charge in [-0.2, -0.15) is 0 Å². The van der Waals surface area contributed by atoms with Gasteiger partial charge in [-0.25, -0.2) is 4.39 Å². The predicted octanol–water partition coefficient (Wildman–Crippen LogP) is 2.21. The van der Waals surface area contributed by atoms with E-state index in [-0.39, 0.29) is 11.6 Å². The minimum absolute atomic E-state index is 0.0424. The van der Waals surface area contributed by atoms with Crippen molar-refractivity contribution in [3.8, 4) is 0 Å². The van der Waals surface area contributed by atoms with Crippen molar-refractivity contribution >= 4 is 23.5 Å². The van der Waals surface area contributed by atoms with Crippen molar-refractivity contribution < 1.29 is 19.1 Å². The van der Waals surface area contributed by atoms with Crippen LogP contribution < -0.4 is 5.32 Å². The highest BCUT2D eigenvalue weighted by Gasteiger charge is 2.35. The van der Waals surface area contributed by atoms with Gasteiger partial charge in [0.15, 0.2) is 0 Å². The Labute approximate surface area is 109 Å². The average Bonchev–Trinajstić information content (AvgIpc) is 2.30. The molecule has 0 bridgehead atoms. The molecule has 0 saturated carbocycles. The van der Waals surface area contributed by atoms with E-state index in [9.17, 15) is 14.0 Å². The van der Waals surface area contributed by atoms with Gasteiger partial charge < -0.3 is 10.4 Å². The van der Waals surface area contributed by atoms with Crippen molar-refractivity contribution in [3.63, 3.8) is 0 Å². The van der Waals surface area contributed by atoms with Crippen molar-refractivity contribution in [1.82, 2.24) is 5.32 Å². The Hall–Kier alpha value is -1.62. The zero-order valence-electron chi connectivity index (χ0n) is 9.96. The van der Waals surface area contributed by atoms with Crippen LogP contribution in [0.25, 0.3) is 0 Å². The Kier molecular flexibility index (Phi) is 4.29. The van der Waals surface area contributed by atoms with E-state index in [1.165, 1.54) is 32.0 Å². The second kappa shape index (κ2) is 5.35. The van der Waals surface area contributed by atoms with Gasteiger partial charge in [0.2, 0.25) is 5.91 Å². The number of halogens is 2. The molecule has 6 heteroatoms. The van der Waals surface area contributed by atoms with Crippen LogP contribution >= 0.6 is 11.6 Å². The minimum Gasteiger partial charge on any atom is -0.480 e. The molecular formula is C12H13ClFNO3. The maximum absolute atomic E-state index is 12.9. The minimum atomic E-state index is -1.51. The number of carbonyl (C=O) groups excluding carboxylic acids is 1. The van der Waals surface area contributed by atoms with Gasteiger partial charge >= 0.3 is 5.97 Å². The molecule has 18 heavy (non-hydrogen) atoms. The third kappa shape index (κ3) is 3.20. The van der Waals surface area contributed by atoms with Gasteiger partial charge in [0.25, 0.3) is 0 Å². The first-order chi connectivity index (χ1) is 8.25. The van der Waals surface area contributed by atoms with Gasteiger partial charge in [0.05, 0.1) is 5.02 Å². The molecule has 1 aromatic rings. The van der Waals surface area contributed by atoms with Gasteiger partial charge in [0, 0.05) is 6.54 Å². The van der Waals surface area contributed by atoms with Crippen LogP contribution in [0.15, 0.2) is 18.2 Å². The van der Waals surface area contributed by atoms with Crippen molar-refractivity contribution in [3.05, 3.63) is 34.6 Å². The average molecular weight is 274 g/mol. The summed E-state index contributed by atoms with van der Waals surface area (Å²) in [5.41, 5.74) is -0.917. The first kappa shape index (κ1) is 14.4. The highest BCUT2D eigenvalue weighted by atomic mass is 35.5. The van der Waals surface area contributed by atoms with Crippen molar-refractivity contribution in [2.24, 2.45) is 5.41 Å². The van der Waals surface area contributed by atoms with Crippen molar-refractivity contribution in [2.45, 2.75) is 20.4 Å². The molecule has 0 radical (unpaired) electrons. The number of amides is 1. The summed E-state index contributed by atoms with van der Waals surface area (Å²) in [6.07, 6.45) is 0. The quantitative estimate of drug-likeness (QED) is 0.827. The normalized spacial score (nSPS) is 11.1. The van der Waals surface area contributed by atoms with Crippen LogP contribution in [0, 0.1) is 11.2 Å². The lowest BCUT2D eigenvalue weighted by Gasteiger charge is -2.18. The molecule has 0 atom stereocenters. The van der Waals surface area contributed by atoms with E-state index in [0.717, 1.165) is 0 Å². The molecule has 1 rings (SSSR count). The van der Waals surface area contributed by atoms with E-state index in [4.69, 9.17) is 16.7 Å². The van der Waals surface area contributed by atoms with Crippen LogP contribution in [0.3, 0.4) is 0 Å². The lowest BCUT2D eigenvalue weighted by Crippen LogP contribution is -2.41. The van der Waals surface area contributed by atoms with Crippen LogP contribution in [0.2, 0.25) is 5.02 Å². The molecular weight excluding hydrogens is 261 g/mol. The molecule has 1 aromatic carbocycles. The molecule has 0 aliphatic heterocycles. The van der Waals surface area contributed by atoms with Gasteiger partial charge in [0.1, 0.15) is 11.2 Å². The fourth-order valence-corrected chi connectivity index (χ4v) is 1.35. The largest absolute Gasteiger partial charge is 0.480 e. The Morgan fingerprint density at radius 2 is 2.06 bits per heavy atom. The van der Waals surface area contributed by atoms with Crippen LogP contribution in [0.5, 0.6) is 0 Å². The van der Waals surface area contributed by atoms with Gasteiger partial charge in [-0.05, 0) is 31.5 Å². The standard InChI is InChI=1S/C12H13ClFNO3/c1-12(2,11(17)18)10(16)15-6-7-3-4-9(14)8(13)5-7/h3-5H,6H2,1-2H3,(H,15,16)(H,17,18). The van der Waals surface area contributed by atoms with Gasteiger partial charge in [-0.1, -0.05) is 17.7 Å². The van der Waals surface area contributed by atoms with E-state index in [0.29, 0.717) is 5.56 Å². The molecule has 0 unspecified atom stereocenters. The molecule has 0 spiro atoms. The molecule has 0 fully saturated rings. The van der Waals surface area contributed by atoms with E-state index in [2.05, 4.69) is 5.32 Å². The molecule has 0 heterocycles. The molecule has 0 aliphatic carbocycles. The van der Waals surface area contributed by atoms with Gasteiger partial charge in [-0.15, -0.1) is 0 Å². The van der Waals surface area contributed by atoms with Crippen molar-refractivity contribution in [1.29, 1.82) is 0 Å². The number of carboxylic acid groups (broad SMARTS) is 1. The number of benzene rings is 1. The number of carboxylic acids is 1. The summed E-state index contributed by atoms with van der Waals surface area (Å²) < 4.78 is 12.9. The predicted molar refractivity (Wildman–Crippen MR) is 64.7 cm³/mol. The lowest BCUT2D eigenvalue weighted by molar-refractivity contribution is -0.153. The molecule has 1 amide bonds. The highest BCUT2D eigenvalue weighted by molar-refractivity contribution is 6.30. The summed E-state index contributed by atoms with van der Waals surface area (Å²) in [4.78, 5) is 22.5. The number of hydrogen-bond acceptors (Lipinski definition) is 2. The molecule has 0 aliphatic rings. The number of carbonyl (C=O) groups is 2. The van der Waals surface area contributed by atoms with E-state index >= 15 is 0 Å². The van der Waals surface area contributed by atoms with E-state index in [1.54, 1.807) is 0 Å². The molecule has 98 valence electrons. The summed E-state index contributed by atoms with van der Waals surface area (Å²) >= 11 is 5.59. The topological polar surface area (TPSA) is 66.4 Å². The fourth-order valence-electron chi connectivity index (χ4n) is 1.15. The third-order valence-corrected chi connectivity index (χ3v) is 2.83. The molecule has 4 nitrogen and oxygen atoms in total. The molecule has 0 saturated heterocycles. The zero-order valence-corrected chi connectivity index (χ0v) is 10.7. The summed E-state index contributed by atoms with van der Waals surface area (Å²) in [6.45, 7) is 2.71. The molecule has 0 aromatic heterocycles. The van der Waals surface area contributed by atoms with Crippen LogP contribution in [0.4, 0.5) is 4.39 Å². The Bertz CT molecular complexity index is 488.